The van der Waals surface area contributed by atoms with Crippen LogP contribution in [0.2, 0.25) is 0 Å². The molecule has 0 spiro atoms. The van der Waals surface area contributed by atoms with Crippen LogP contribution in [0.3, 0.4) is 0 Å². The van der Waals surface area contributed by atoms with Crippen LogP contribution >= 0.6 is 0 Å². The molecule has 2 unspecified atom stereocenters. The van der Waals surface area contributed by atoms with Gasteiger partial charge in [-0.15, -0.1) is 0 Å². The predicted molar refractivity (Wildman–Crippen MR) is 113 cm³/mol. The first-order chi connectivity index (χ1) is 14.9. The van der Waals surface area contributed by atoms with E-state index in [0.717, 1.165) is 11.1 Å². The molecule has 0 amide bonds. The zero-order chi connectivity index (χ0) is 22.5. The van der Waals surface area contributed by atoms with Crippen molar-refractivity contribution in [2.24, 2.45) is 11.8 Å². The number of hydrogen-bond donors (Lipinski definition) is 1. The fourth-order valence-corrected chi connectivity index (χ4v) is 3.93. The number of ether oxygens (including phenoxy) is 6. The zero-order valence-corrected chi connectivity index (χ0v) is 18.4. The Morgan fingerprint density at radius 1 is 0.806 bits per heavy atom. The van der Waals surface area contributed by atoms with E-state index >= 15 is 0 Å². The summed E-state index contributed by atoms with van der Waals surface area (Å²) in [5.41, 5.74) is 1.76. The van der Waals surface area contributed by atoms with Crippen molar-refractivity contribution in [3.8, 4) is 34.5 Å². The Hall–Kier alpha value is -3.29. The van der Waals surface area contributed by atoms with E-state index in [0.29, 0.717) is 48.2 Å². The summed E-state index contributed by atoms with van der Waals surface area (Å²) in [5.74, 6) is 1.52. The number of carbonyl (C=O) groups is 1. The number of phenols is 1. The quantitative estimate of drug-likeness (QED) is 0.605. The molecule has 0 aliphatic carbocycles. The molecule has 8 heteroatoms. The summed E-state index contributed by atoms with van der Waals surface area (Å²) in [4.78, 5) is 12.5. The van der Waals surface area contributed by atoms with Gasteiger partial charge in [-0.25, -0.2) is 0 Å². The van der Waals surface area contributed by atoms with Crippen molar-refractivity contribution >= 4 is 5.97 Å². The van der Waals surface area contributed by atoms with Gasteiger partial charge >= 0.3 is 5.97 Å². The molecular weight excluding hydrogens is 404 g/mol. The highest BCUT2D eigenvalue weighted by molar-refractivity contribution is 5.75. The van der Waals surface area contributed by atoms with Gasteiger partial charge in [0.1, 0.15) is 0 Å². The van der Waals surface area contributed by atoms with Crippen molar-refractivity contribution in [1.82, 2.24) is 0 Å². The van der Waals surface area contributed by atoms with E-state index in [4.69, 9.17) is 28.4 Å². The zero-order valence-electron chi connectivity index (χ0n) is 18.4. The molecule has 2 atom stereocenters. The third kappa shape index (κ3) is 4.57. The minimum absolute atomic E-state index is 0.0406. The molecule has 1 fully saturated rings. The molecule has 1 saturated heterocycles. The molecule has 1 N–H and O–H groups in total. The molecule has 1 aliphatic heterocycles. The van der Waals surface area contributed by atoms with Gasteiger partial charge in [0, 0.05) is 5.92 Å². The lowest BCUT2D eigenvalue weighted by Gasteiger charge is -2.19. The predicted octanol–water partition coefficient (Wildman–Crippen LogP) is 3.01. The smallest absolute Gasteiger partial charge is 0.309 e. The summed E-state index contributed by atoms with van der Waals surface area (Å²) in [6, 6.07) is 7.18. The van der Waals surface area contributed by atoms with E-state index in [1.165, 1.54) is 14.2 Å². The third-order valence-corrected chi connectivity index (χ3v) is 5.53. The van der Waals surface area contributed by atoms with Crippen LogP contribution in [0.5, 0.6) is 34.5 Å². The highest BCUT2D eigenvalue weighted by Gasteiger charge is 2.37. The van der Waals surface area contributed by atoms with Gasteiger partial charge in [0.05, 0.1) is 48.1 Å². The maximum absolute atomic E-state index is 12.5. The van der Waals surface area contributed by atoms with Crippen molar-refractivity contribution in [1.29, 1.82) is 0 Å². The second kappa shape index (κ2) is 9.68. The van der Waals surface area contributed by atoms with Gasteiger partial charge in [-0.05, 0) is 48.2 Å². The number of phenolic OH excluding ortho intramolecular Hbond substituents is 1. The molecule has 0 bridgehead atoms. The molecule has 0 aromatic heterocycles. The van der Waals surface area contributed by atoms with Crippen LogP contribution in [0, 0.1) is 11.8 Å². The van der Waals surface area contributed by atoms with Gasteiger partial charge in [0.15, 0.2) is 23.0 Å². The van der Waals surface area contributed by atoms with Crippen LogP contribution in [0.15, 0.2) is 24.3 Å². The second-order valence-corrected chi connectivity index (χ2v) is 7.29. The fourth-order valence-electron chi connectivity index (χ4n) is 3.93. The van der Waals surface area contributed by atoms with Crippen LogP contribution in [0.4, 0.5) is 0 Å². The monoisotopic (exact) mass is 432 g/mol. The van der Waals surface area contributed by atoms with E-state index in [2.05, 4.69) is 0 Å². The normalized spacial score (nSPS) is 17.8. The molecule has 0 radical (unpaired) electrons. The fraction of sp³-hybridized carbons (Fsp3) is 0.435. The topological polar surface area (TPSA) is 92.7 Å². The lowest BCUT2D eigenvalue weighted by Crippen LogP contribution is -2.21. The van der Waals surface area contributed by atoms with Crippen molar-refractivity contribution in [2.75, 3.05) is 42.2 Å². The summed E-state index contributed by atoms with van der Waals surface area (Å²) in [6.07, 6.45) is 1.03. The lowest BCUT2D eigenvalue weighted by molar-refractivity contribution is -0.141. The number of aromatic hydroxyl groups is 1. The minimum Gasteiger partial charge on any atom is -0.502 e. The Morgan fingerprint density at radius 2 is 1.29 bits per heavy atom. The molecule has 168 valence electrons. The number of carbonyl (C=O) groups excluding carboxylic acids is 1. The second-order valence-electron chi connectivity index (χ2n) is 7.29. The number of benzene rings is 2. The van der Waals surface area contributed by atoms with Gasteiger partial charge in [-0.2, -0.15) is 0 Å². The van der Waals surface area contributed by atoms with E-state index in [1.54, 1.807) is 33.5 Å². The van der Waals surface area contributed by atoms with E-state index in [1.807, 2.05) is 12.1 Å². The maximum Gasteiger partial charge on any atom is 0.309 e. The van der Waals surface area contributed by atoms with E-state index < -0.39 is 0 Å². The van der Waals surface area contributed by atoms with Crippen LogP contribution in [-0.2, 0) is 22.4 Å². The average Bonchev–Trinajstić information content (AvgIpc) is 3.12. The highest BCUT2D eigenvalue weighted by Crippen LogP contribution is 2.41. The summed E-state index contributed by atoms with van der Waals surface area (Å²) in [6.45, 7) is 0.326. The third-order valence-electron chi connectivity index (χ3n) is 5.53. The molecule has 2 aromatic carbocycles. The van der Waals surface area contributed by atoms with E-state index in [9.17, 15) is 9.90 Å². The van der Waals surface area contributed by atoms with Crippen molar-refractivity contribution < 1.29 is 38.3 Å². The summed E-state index contributed by atoms with van der Waals surface area (Å²) in [5, 5.41) is 10.1. The summed E-state index contributed by atoms with van der Waals surface area (Å²) >= 11 is 0. The number of methoxy groups -OCH3 is 5. The summed E-state index contributed by atoms with van der Waals surface area (Å²) in [7, 11) is 7.62. The number of rotatable bonds is 9. The Balaban J connectivity index is 1.86. The molecule has 8 nitrogen and oxygen atoms in total. The van der Waals surface area contributed by atoms with Gasteiger partial charge in [-0.3, -0.25) is 4.79 Å². The van der Waals surface area contributed by atoms with Crippen LogP contribution in [0.25, 0.3) is 0 Å². The molecule has 1 aliphatic rings. The average molecular weight is 432 g/mol. The first-order valence-corrected chi connectivity index (χ1v) is 9.85. The van der Waals surface area contributed by atoms with Crippen LogP contribution < -0.4 is 23.7 Å². The van der Waals surface area contributed by atoms with Crippen LogP contribution in [0.1, 0.15) is 11.1 Å². The number of hydrogen-bond acceptors (Lipinski definition) is 8. The molecule has 1 heterocycles. The van der Waals surface area contributed by atoms with Gasteiger partial charge in [0.25, 0.3) is 0 Å². The number of esters is 1. The molecule has 3 rings (SSSR count). The van der Waals surface area contributed by atoms with Gasteiger partial charge < -0.3 is 33.5 Å². The van der Waals surface area contributed by atoms with Gasteiger partial charge in [-0.1, -0.05) is 0 Å². The SMILES string of the molecule is COc1cc(CC2C(=O)OCC2Cc2cc(OC)c(OC)c(OC)c2)cc(OC)c1O. The van der Waals surface area contributed by atoms with Crippen LogP contribution in [-0.4, -0.2) is 53.2 Å². The minimum atomic E-state index is -0.349. The highest BCUT2D eigenvalue weighted by atomic mass is 16.5. The Morgan fingerprint density at radius 3 is 1.77 bits per heavy atom. The summed E-state index contributed by atoms with van der Waals surface area (Å²) < 4.78 is 32.1. The van der Waals surface area contributed by atoms with Gasteiger partial charge in [0.2, 0.25) is 11.5 Å². The molecule has 2 aromatic rings. The Kier molecular flexibility index (Phi) is 6.99. The molecule has 0 saturated carbocycles. The lowest BCUT2D eigenvalue weighted by atomic mass is 9.84. The molecule has 31 heavy (non-hydrogen) atoms. The van der Waals surface area contributed by atoms with Crippen molar-refractivity contribution in [2.45, 2.75) is 12.8 Å². The number of cyclic esters (lactones) is 1. The first-order valence-electron chi connectivity index (χ1n) is 9.85. The Labute approximate surface area is 181 Å². The maximum atomic E-state index is 12.5. The van der Waals surface area contributed by atoms with Crippen molar-refractivity contribution in [3.05, 3.63) is 35.4 Å². The Bertz CT molecular complexity index is 889. The standard InChI is InChI=1S/C23H28O8/c1-26-17-8-14(9-18(27-2)21(17)24)7-16-15(12-31-23(16)25)6-13-10-19(28-3)22(30-5)20(11-13)29-4/h8-11,15-16,24H,6-7,12H2,1-5H3. The molecular formula is C23H28O8. The van der Waals surface area contributed by atoms with E-state index in [-0.39, 0.29) is 23.6 Å². The largest absolute Gasteiger partial charge is 0.502 e. The van der Waals surface area contributed by atoms with Crippen molar-refractivity contribution in [3.63, 3.8) is 0 Å². The first kappa shape index (κ1) is 22.4.